The van der Waals surface area contributed by atoms with E-state index >= 15 is 0 Å². The fraction of sp³-hybridized carbons (Fsp3) is 0.263. The van der Waals surface area contributed by atoms with Crippen LogP contribution in [0.3, 0.4) is 0 Å². The largest absolute Gasteiger partial charge is 0.299 e. The topological polar surface area (TPSA) is 34.1 Å². The fourth-order valence-corrected chi connectivity index (χ4v) is 2.96. The van der Waals surface area contributed by atoms with Gasteiger partial charge in [0.05, 0.1) is 0 Å². The molecule has 0 aliphatic heterocycles. The molecule has 1 aliphatic carbocycles. The molecule has 0 radical (unpaired) electrons. The van der Waals surface area contributed by atoms with Gasteiger partial charge >= 0.3 is 0 Å². The number of carbonyl (C=O) groups is 2. The molecule has 0 aromatic heterocycles. The molecule has 0 amide bonds. The Hall–Kier alpha value is -2.22. The monoisotopic (exact) mass is 278 g/mol. The normalized spacial score (nSPS) is 18.5. The standard InChI is InChI=1S/C19H18O2/c20-18-9-5-4-8-17(18)14-10-12-16(13-11-14)19(21)15-6-2-1-3-7-15/h1-3,6-7,10-13,17H,4-5,8-9H2. The third kappa shape index (κ3) is 2.94. The highest BCUT2D eigenvalue weighted by Gasteiger charge is 2.23. The second kappa shape index (κ2) is 6.04. The smallest absolute Gasteiger partial charge is 0.193 e. The molecule has 2 aromatic rings. The van der Waals surface area contributed by atoms with Gasteiger partial charge in [0.15, 0.2) is 5.78 Å². The van der Waals surface area contributed by atoms with Gasteiger partial charge in [0.2, 0.25) is 0 Å². The summed E-state index contributed by atoms with van der Waals surface area (Å²) < 4.78 is 0. The zero-order chi connectivity index (χ0) is 14.7. The molecule has 1 saturated carbocycles. The molecule has 2 nitrogen and oxygen atoms in total. The van der Waals surface area contributed by atoms with E-state index in [4.69, 9.17) is 0 Å². The maximum atomic E-state index is 12.3. The van der Waals surface area contributed by atoms with Crippen molar-refractivity contribution in [2.45, 2.75) is 31.6 Å². The third-order valence-corrected chi connectivity index (χ3v) is 4.17. The van der Waals surface area contributed by atoms with Crippen LogP contribution in [0.25, 0.3) is 0 Å². The van der Waals surface area contributed by atoms with E-state index < -0.39 is 0 Å². The van der Waals surface area contributed by atoms with Crippen LogP contribution in [0.5, 0.6) is 0 Å². The van der Waals surface area contributed by atoms with Gasteiger partial charge in [-0.15, -0.1) is 0 Å². The van der Waals surface area contributed by atoms with Crippen LogP contribution < -0.4 is 0 Å². The minimum Gasteiger partial charge on any atom is -0.299 e. The first-order valence-electron chi connectivity index (χ1n) is 7.48. The van der Waals surface area contributed by atoms with E-state index in [1.165, 1.54) is 0 Å². The van der Waals surface area contributed by atoms with Crippen LogP contribution in [-0.4, -0.2) is 11.6 Å². The maximum Gasteiger partial charge on any atom is 0.193 e. The lowest BCUT2D eigenvalue weighted by Gasteiger charge is -2.20. The van der Waals surface area contributed by atoms with Gasteiger partial charge in [0.1, 0.15) is 5.78 Å². The van der Waals surface area contributed by atoms with Crippen molar-refractivity contribution in [1.82, 2.24) is 0 Å². The molecule has 2 aromatic carbocycles. The highest BCUT2D eigenvalue weighted by molar-refractivity contribution is 6.09. The Labute approximate surface area is 124 Å². The molecule has 0 bridgehead atoms. The van der Waals surface area contributed by atoms with Crippen LogP contribution in [0.15, 0.2) is 54.6 Å². The molecule has 1 atom stereocenters. The minimum atomic E-state index is 0.0251. The van der Waals surface area contributed by atoms with Gasteiger partial charge < -0.3 is 0 Å². The van der Waals surface area contributed by atoms with Gasteiger partial charge in [-0.05, 0) is 18.4 Å². The Morgan fingerprint density at radius 1 is 0.857 bits per heavy atom. The van der Waals surface area contributed by atoms with Crippen molar-refractivity contribution in [3.05, 3.63) is 71.3 Å². The van der Waals surface area contributed by atoms with Crippen molar-refractivity contribution in [2.75, 3.05) is 0 Å². The first kappa shape index (κ1) is 13.7. The molecule has 2 heteroatoms. The Morgan fingerprint density at radius 3 is 2.19 bits per heavy atom. The molecule has 106 valence electrons. The predicted octanol–water partition coefficient (Wildman–Crippen LogP) is 4.14. The molecule has 3 rings (SSSR count). The molecule has 0 saturated heterocycles. The summed E-state index contributed by atoms with van der Waals surface area (Å²) in [5.41, 5.74) is 2.41. The summed E-state index contributed by atoms with van der Waals surface area (Å²) in [6, 6.07) is 16.8. The third-order valence-electron chi connectivity index (χ3n) is 4.17. The Morgan fingerprint density at radius 2 is 1.52 bits per heavy atom. The Balaban J connectivity index is 1.81. The SMILES string of the molecule is O=C(c1ccccc1)c1ccc(C2CCCCC2=O)cc1. The summed E-state index contributed by atoms with van der Waals surface area (Å²) in [6.07, 6.45) is 3.75. The van der Waals surface area contributed by atoms with E-state index in [1.54, 1.807) is 0 Å². The average Bonchev–Trinajstić information content (AvgIpc) is 2.56. The summed E-state index contributed by atoms with van der Waals surface area (Å²) in [6.45, 7) is 0. The number of carbonyl (C=O) groups excluding carboxylic acids is 2. The van der Waals surface area contributed by atoms with Crippen LogP contribution in [0, 0.1) is 0 Å². The fourth-order valence-electron chi connectivity index (χ4n) is 2.96. The first-order chi connectivity index (χ1) is 10.3. The Kier molecular flexibility index (Phi) is 3.96. The van der Waals surface area contributed by atoms with Gasteiger partial charge in [0.25, 0.3) is 0 Å². The summed E-state index contributed by atoms with van der Waals surface area (Å²) >= 11 is 0. The van der Waals surface area contributed by atoms with Crippen LogP contribution in [0.2, 0.25) is 0 Å². The van der Waals surface area contributed by atoms with Gasteiger partial charge in [-0.3, -0.25) is 9.59 Å². The van der Waals surface area contributed by atoms with Crippen LogP contribution in [0.4, 0.5) is 0 Å². The van der Waals surface area contributed by atoms with E-state index in [0.29, 0.717) is 23.3 Å². The number of benzene rings is 2. The molecule has 0 heterocycles. The van der Waals surface area contributed by atoms with Crippen molar-refractivity contribution in [1.29, 1.82) is 0 Å². The van der Waals surface area contributed by atoms with Gasteiger partial charge in [-0.25, -0.2) is 0 Å². The van der Waals surface area contributed by atoms with Crippen molar-refractivity contribution >= 4 is 11.6 Å². The van der Waals surface area contributed by atoms with E-state index in [0.717, 1.165) is 24.8 Å². The number of rotatable bonds is 3. The summed E-state index contributed by atoms with van der Waals surface area (Å²) in [5, 5.41) is 0. The number of Topliss-reactive ketones (excluding diaryl/α,β-unsaturated/α-hetero) is 1. The molecular formula is C19H18O2. The lowest BCUT2D eigenvalue weighted by molar-refractivity contribution is -0.121. The second-order valence-electron chi connectivity index (χ2n) is 5.58. The number of ketones is 2. The van der Waals surface area contributed by atoms with E-state index in [9.17, 15) is 9.59 Å². The van der Waals surface area contributed by atoms with Crippen LogP contribution in [0.1, 0.15) is 53.1 Å². The zero-order valence-corrected chi connectivity index (χ0v) is 11.9. The molecule has 1 fully saturated rings. The lowest BCUT2D eigenvalue weighted by atomic mass is 9.82. The maximum absolute atomic E-state index is 12.3. The second-order valence-corrected chi connectivity index (χ2v) is 5.58. The highest BCUT2D eigenvalue weighted by atomic mass is 16.1. The van der Waals surface area contributed by atoms with Crippen molar-refractivity contribution in [3.8, 4) is 0 Å². The minimum absolute atomic E-state index is 0.0251. The summed E-state index contributed by atoms with van der Waals surface area (Å²) in [7, 11) is 0. The molecule has 0 N–H and O–H groups in total. The summed E-state index contributed by atoms with van der Waals surface area (Å²) in [4.78, 5) is 24.3. The van der Waals surface area contributed by atoms with E-state index in [-0.39, 0.29) is 11.7 Å². The van der Waals surface area contributed by atoms with Gasteiger partial charge in [-0.2, -0.15) is 0 Å². The van der Waals surface area contributed by atoms with Crippen LogP contribution >= 0.6 is 0 Å². The van der Waals surface area contributed by atoms with E-state index in [2.05, 4.69) is 0 Å². The summed E-state index contributed by atoms with van der Waals surface area (Å²) in [5.74, 6) is 0.389. The first-order valence-corrected chi connectivity index (χ1v) is 7.48. The molecular weight excluding hydrogens is 260 g/mol. The van der Waals surface area contributed by atoms with Crippen molar-refractivity contribution < 1.29 is 9.59 Å². The quantitative estimate of drug-likeness (QED) is 0.791. The number of hydrogen-bond donors (Lipinski definition) is 0. The number of hydrogen-bond acceptors (Lipinski definition) is 2. The Bertz CT molecular complexity index is 641. The van der Waals surface area contributed by atoms with Gasteiger partial charge in [0, 0.05) is 23.5 Å². The van der Waals surface area contributed by atoms with E-state index in [1.807, 2.05) is 54.6 Å². The van der Waals surface area contributed by atoms with Gasteiger partial charge in [-0.1, -0.05) is 61.0 Å². The highest BCUT2D eigenvalue weighted by Crippen LogP contribution is 2.30. The van der Waals surface area contributed by atoms with Crippen LogP contribution in [-0.2, 0) is 4.79 Å². The zero-order valence-electron chi connectivity index (χ0n) is 11.9. The molecule has 1 aliphatic rings. The van der Waals surface area contributed by atoms with Crippen molar-refractivity contribution in [3.63, 3.8) is 0 Å². The predicted molar refractivity (Wildman–Crippen MR) is 82.5 cm³/mol. The molecule has 21 heavy (non-hydrogen) atoms. The lowest BCUT2D eigenvalue weighted by Crippen LogP contribution is -2.17. The molecule has 1 unspecified atom stereocenters. The molecule has 0 spiro atoms. The average molecular weight is 278 g/mol. The van der Waals surface area contributed by atoms with Crippen molar-refractivity contribution in [2.24, 2.45) is 0 Å².